The molecule has 2 N–H and O–H groups in total. The average molecular weight is 372 g/mol. The number of carbonyl (C=O) groups is 1. The van der Waals surface area contributed by atoms with E-state index in [1.165, 1.54) is 5.56 Å². The maximum Gasteiger partial charge on any atom is 0.356 e. The second-order valence-electron chi connectivity index (χ2n) is 6.85. The summed E-state index contributed by atoms with van der Waals surface area (Å²) in [7, 11) is 0. The summed E-state index contributed by atoms with van der Waals surface area (Å²) in [5.74, 6) is -0.361. The minimum Gasteiger partial charge on any atom is -0.461 e. The van der Waals surface area contributed by atoms with E-state index in [4.69, 9.17) is 4.74 Å². The van der Waals surface area contributed by atoms with Crippen molar-refractivity contribution in [2.45, 2.75) is 32.5 Å². The number of benzene rings is 1. The van der Waals surface area contributed by atoms with Gasteiger partial charge < -0.3 is 9.84 Å². The molecule has 1 aliphatic heterocycles. The van der Waals surface area contributed by atoms with Crippen LogP contribution >= 0.6 is 0 Å². The number of H-pyrrole nitrogens is 1. The molecule has 0 bridgehead atoms. The molecule has 1 saturated heterocycles. The molecule has 2 heterocycles. The lowest BCUT2D eigenvalue weighted by atomic mass is 10.1. The molecule has 1 aliphatic rings. The van der Waals surface area contributed by atoms with E-state index in [9.17, 15) is 9.90 Å². The van der Waals surface area contributed by atoms with E-state index in [2.05, 4.69) is 44.3 Å². The summed E-state index contributed by atoms with van der Waals surface area (Å²) in [6.45, 7) is 6.51. The summed E-state index contributed by atoms with van der Waals surface area (Å²) < 4.78 is 5.09. The minimum absolute atomic E-state index is 0.170. The van der Waals surface area contributed by atoms with E-state index in [1.807, 2.05) is 6.07 Å². The third kappa shape index (κ3) is 5.15. The van der Waals surface area contributed by atoms with Crippen LogP contribution in [0.1, 0.15) is 35.0 Å². The Hall–Kier alpha value is -2.22. The van der Waals surface area contributed by atoms with E-state index in [1.54, 1.807) is 13.1 Å². The van der Waals surface area contributed by atoms with Crippen molar-refractivity contribution in [2.75, 3.05) is 32.8 Å². The largest absolute Gasteiger partial charge is 0.461 e. The second kappa shape index (κ2) is 9.64. The number of aliphatic hydroxyl groups excluding tert-OH is 1. The van der Waals surface area contributed by atoms with Crippen LogP contribution in [-0.4, -0.2) is 70.0 Å². The number of hydrogen-bond donors (Lipinski definition) is 2. The Labute approximate surface area is 159 Å². The Balaban J connectivity index is 1.63. The Bertz CT molecular complexity index is 719. The van der Waals surface area contributed by atoms with E-state index < -0.39 is 0 Å². The fourth-order valence-corrected chi connectivity index (χ4v) is 3.60. The first kappa shape index (κ1) is 19.5. The van der Waals surface area contributed by atoms with Crippen molar-refractivity contribution in [3.8, 4) is 0 Å². The normalized spacial score (nSPS) is 18.5. The van der Waals surface area contributed by atoms with Gasteiger partial charge in [-0.25, -0.2) is 4.79 Å². The zero-order valence-corrected chi connectivity index (χ0v) is 15.8. The number of aliphatic hydroxyl groups is 1. The zero-order valence-electron chi connectivity index (χ0n) is 15.8. The van der Waals surface area contributed by atoms with E-state index >= 15 is 0 Å². The lowest BCUT2D eigenvalue weighted by Crippen LogP contribution is -2.52. The smallest absolute Gasteiger partial charge is 0.356 e. The molecule has 2 aromatic rings. The summed E-state index contributed by atoms with van der Waals surface area (Å²) in [5.41, 5.74) is 2.57. The molecule has 1 aromatic heterocycles. The molecule has 1 aromatic carbocycles. The highest BCUT2D eigenvalue weighted by Gasteiger charge is 2.28. The third-order valence-electron chi connectivity index (χ3n) is 4.97. The van der Waals surface area contributed by atoms with Gasteiger partial charge in [0.05, 0.1) is 12.8 Å². The van der Waals surface area contributed by atoms with Crippen LogP contribution < -0.4 is 0 Å². The van der Waals surface area contributed by atoms with Gasteiger partial charge >= 0.3 is 5.97 Å². The van der Waals surface area contributed by atoms with Crippen molar-refractivity contribution in [2.24, 2.45) is 0 Å². The van der Waals surface area contributed by atoms with Crippen LogP contribution in [0.25, 0.3) is 0 Å². The first-order valence-corrected chi connectivity index (χ1v) is 9.51. The molecule has 0 radical (unpaired) electrons. The zero-order chi connectivity index (χ0) is 19.1. The van der Waals surface area contributed by atoms with Gasteiger partial charge in [-0.3, -0.25) is 14.9 Å². The summed E-state index contributed by atoms with van der Waals surface area (Å²) in [6.07, 6.45) is 2.43. The summed E-state index contributed by atoms with van der Waals surface area (Å²) in [4.78, 5) is 16.8. The fraction of sp³-hybridized carbons (Fsp3) is 0.500. The first-order chi connectivity index (χ1) is 13.2. The molecule has 3 rings (SSSR count). The molecule has 0 spiro atoms. The van der Waals surface area contributed by atoms with E-state index in [0.717, 1.165) is 38.2 Å². The van der Waals surface area contributed by atoms with Crippen LogP contribution in [0.4, 0.5) is 0 Å². The number of aromatic amines is 1. The van der Waals surface area contributed by atoms with Gasteiger partial charge in [0.25, 0.3) is 0 Å². The minimum atomic E-state index is -0.361. The molecular weight excluding hydrogens is 344 g/mol. The van der Waals surface area contributed by atoms with Crippen LogP contribution in [0.5, 0.6) is 0 Å². The molecule has 0 unspecified atom stereocenters. The predicted molar refractivity (Wildman–Crippen MR) is 102 cm³/mol. The van der Waals surface area contributed by atoms with Gasteiger partial charge in [0.2, 0.25) is 0 Å². The van der Waals surface area contributed by atoms with Gasteiger partial charge in [0.1, 0.15) is 5.69 Å². The van der Waals surface area contributed by atoms with Crippen LogP contribution in [0.3, 0.4) is 0 Å². The standard InChI is InChI=1S/C20H28N4O3/c1-2-27-20(26)19-17(12-21-22-19)14-23-9-10-24(18(15-23)8-11-25)13-16-6-4-3-5-7-16/h3-7,12,18,25H,2,8-11,13-15H2,1H3,(H,21,22)/t18-/m1/s1. The number of rotatable bonds is 8. The van der Waals surface area contributed by atoms with Crippen LogP contribution in [0.2, 0.25) is 0 Å². The summed E-state index contributed by atoms with van der Waals surface area (Å²) in [5, 5.41) is 16.3. The quantitative estimate of drug-likeness (QED) is 0.686. The summed E-state index contributed by atoms with van der Waals surface area (Å²) in [6, 6.07) is 10.7. The van der Waals surface area contributed by atoms with Crippen molar-refractivity contribution in [3.63, 3.8) is 0 Å². The molecule has 0 amide bonds. The first-order valence-electron chi connectivity index (χ1n) is 9.51. The van der Waals surface area contributed by atoms with E-state index in [0.29, 0.717) is 18.8 Å². The van der Waals surface area contributed by atoms with Crippen LogP contribution in [0.15, 0.2) is 36.5 Å². The number of aromatic nitrogens is 2. The van der Waals surface area contributed by atoms with Crippen molar-refractivity contribution in [1.29, 1.82) is 0 Å². The Morgan fingerprint density at radius 3 is 2.85 bits per heavy atom. The number of hydrogen-bond acceptors (Lipinski definition) is 6. The predicted octanol–water partition coefficient (Wildman–Crippen LogP) is 1.66. The number of ether oxygens (including phenoxy) is 1. The highest BCUT2D eigenvalue weighted by Crippen LogP contribution is 2.19. The Kier molecular flexibility index (Phi) is 6.98. The van der Waals surface area contributed by atoms with Gasteiger partial charge in [0.15, 0.2) is 0 Å². The number of carbonyl (C=O) groups excluding carboxylic acids is 1. The number of piperazine rings is 1. The molecule has 0 aliphatic carbocycles. The van der Waals surface area contributed by atoms with Crippen LogP contribution in [0, 0.1) is 0 Å². The number of nitrogens with one attached hydrogen (secondary N) is 1. The topological polar surface area (TPSA) is 81.7 Å². The lowest BCUT2D eigenvalue weighted by molar-refractivity contribution is 0.0474. The monoisotopic (exact) mass is 372 g/mol. The van der Waals surface area contributed by atoms with Crippen molar-refractivity contribution < 1.29 is 14.6 Å². The Morgan fingerprint density at radius 2 is 2.11 bits per heavy atom. The molecule has 7 heteroatoms. The molecule has 0 saturated carbocycles. The van der Waals surface area contributed by atoms with Crippen molar-refractivity contribution in [1.82, 2.24) is 20.0 Å². The molecule has 146 valence electrons. The van der Waals surface area contributed by atoms with Gasteiger partial charge in [0, 0.05) is 50.9 Å². The summed E-state index contributed by atoms with van der Waals surface area (Å²) >= 11 is 0. The molecule has 1 atom stereocenters. The molecule has 27 heavy (non-hydrogen) atoms. The van der Waals surface area contributed by atoms with Gasteiger partial charge in [-0.2, -0.15) is 5.10 Å². The highest BCUT2D eigenvalue weighted by molar-refractivity contribution is 5.88. The van der Waals surface area contributed by atoms with Crippen molar-refractivity contribution in [3.05, 3.63) is 53.3 Å². The fourth-order valence-electron chi connectivity index (χ4n) is 3.60. The molecular formula is C20H28N4O3. The lowest BCUT2D eigenvalue weighted by Gasteiger charge is -2.41. The maximum atomic E-state index is 12.0. The SMILES string of the molecule is CCOC(=O)c1[nH]ncc1CN1CCN(Cc2ccccc2)[C@H](CCO)C1. The van der Waals surface area contributed by atoms with E-state index in [-0.39, 0.29) is 18.6 Å². The number of nitrogens with zero attached hydrogens (tertiary/aromatic N) is 3. The average Bonchev–Trinajstić information content (AvgIpc) is 3.13. The molecule has 1 fully saturated rings. The number of esters is 1. The van der Waals surface area contributed by atoms with Gasteiger partial charge in [-0.05, 0) is 18.9 Å². The second-order valence-corrected chi connectivity index (χ2v) is 6.85. The maximum absolute atomic E-state index is 12.0. The highest BCUT2D eigenvalue weighted by atomic mass is 16.5. The van der Waals surface area contributed by atoms with Crippen LogP contribution in [-0.2, 0) is 17.8 Å². The van der Waals surface area contributed by atoms with Gasteiger partial charge in [-0.1, -0.05) is 30.3 Å². The molecule has 7 nitrogen and oxygen atoms in total. The van der Waals surface area contributed by atoms with Crippen molar-refractivity contribution >= 4 is 5.97 Å². The third-order valence-corrected chi connectivity index (χ3v) is 4.97. The Morgan fingerprint density at radius 1 is 1.30 bits per heavy atom. The van der Waals surface area contributed by atoms with Gasteiger partial charge in [-0.15, -0.1) is 0 Å².